The predicted octanol–water partition coefficient (Wildman–Crippen LogP) is 0.499. The van der Waals surface area contributed by atoms with E-state index in [0.717, 1.165) is 0 Å². The molecule has 3 nitrogen and oxygen atoms in total. The molecule has 0 aromatic heterocycles. The molecule has 0 amide bonds. The van der Waals surface area contributed by atoms with Crippen LogP contribution in [0.3, 0.4) is 0 Å². The lowest BCUT2D eigenvalue weighted by atomic mass is 10.2. The van der Waals surface area contributed by atoms with Crippen molar-refractivity contribution in [1.82, 2.24) is 4.90 Å². The van der Waals surface area contributed by atoms with E-state index in [1.54, 1.807) is 6.08 Å². The summed E-state index contributed by atoms with van der Waals surface area (Å²) in [7, 11) is 0. The van der Waals surface area contributed by atoms with Gasteiger partial charge in [-0.3, -0.25) is 9.69 Å². The van der Waals surface area contributed by atoms with Crippen LogP contribution in [0.4, 0.5) is 0 Å². The maximum absolute atomic E-state index is 10.8. The first-order valence-corrected chi connectivity index (χ1v) is 3.48. The minimum atomic E-state index is -0.0457. The molecule has 0 saturated carbocycles. The van der Waals surface area contributed by atoms with Crippen molar-refractivity contribution in [2.24, 2.45) is 0 Å². The van der Waals surface area contributed by atoms with Crippen molar-refractivity contribution in [3.63, 3.8) is 0 Å². The molecule has 1 heterocycles. The topological polar surface area (TPSA) is 40.5 Å². The van der Waals surface area contributed by atoms with Crippen molar-refractivity contribution >= 4 is 5.78 Å². The molecule has 1 aliphatic heterocycles. The highest BCUT2D eigenvalue weighted by molar-refractivity contribution is 5.92. The Balaban J connectivity index is 2.56. The van der Waals surface area contributed by atoms with Gasteiger partial charge in [-0.15, -0.1) is 6.58 Å². The molecular weight excluding hydrogens is 142 g/mol. The molecule has 0 aliphatic carbocycles. The Bertz CT molecular complexity index is 208. The third-order valence-corrected chi connectivity index (χ3v) is 1.48. The smallest absolute Gasteiger partial charge is 0.173 e. The number of ketones is 1. The SMILES string of the molecule is C=CCN1CC(=O)C=C(O)C1. The molecule has 0 aromatic rings. The number of aliphatic hydroxyl groups excluding tert-OH is 1. The van der Waals surface area contributed by atoms with Gasteiger partial charge in [-0.05, 0) is 0 Å². The fourth-order valence-corrected chi connectivity index (χ4v) is 1.09. The van der Waals surface area contributed by atoms with Gasteiger partial charge in [0.1, 0.15) is 5.76 Å². The molecule has 0 atom stereocenters. The van der Waals surface area contributed by atoms with Crippen LogP contribution in [0.1, 0.15) is 0 Å². The summed E-state index contributed by atoms with van der Waals surface area (Å²) in [5, 5.41) is 9.04. The zero-order chi connectivity index (χ0) is 8.27. The average molecular weight is 153 g/mol. The van der Waals surface area contributed by atoms with Crippen LogP contribution in [0.2, 0.25) is 0 Å². The first kappa shape index (κ1) is 8.01. The van der Waals surface area contributed by atoms with Gasteiger partial charge in [0.2, 0.25) is 0 Å². The average Bonchev–Trinajstić information content (AvgIpc) is 1.85. The van der Waals surface area contributed by atoms with Gasteiger partial charge >= 0.3 is 0 Å². The molecule has 0 spiro atoms. The second-order valence-corrected chi connectivity index (χ2v) is 2.56. The maximum atomic E-state index is 10.8. The molecule has 0 radical (unpaired) electrons. The van der Waals surface area contributed by atoms with E-state index in [4.69, 9.17) is 5.11 Å². The standard InChI is InChI=1S/C8H11NO2/c1-2-3-9-5-7(10)4-8(11)6-9/h2,4,10H,1,3,5-6H2. The second kappa shape index (κ2) is 3.34. The van der Waals surface area contributed by atoms with E-state index in [1.807, 2.05) is 4.90 Å². The Kier molecular flexibility index (Phi) is 2.44. The number of hydrogen-bond acceptors (Lipinski definition) is 3. The van der Waals surface area contributed by atoms with Crippen molar-refractivity contribution < 1.29 is 9.90 Å². The molecule has 1 rings (SSSR count). The highest BCUT2D eigenvalue weighted by atomic mass is 16.3. The van der Waals surface area contributed by atoms with Gasteiger partial charge in [-0.25, -0.2) is 0 Å². The highest BCUT2D eigenvalue weighted by Gasteiger charge is 2.15. The molecule has 11 heavy (non-hydrogen) atoms. The summed E-state index contributed by atoms with van der Waals surface area (Å²) in [5.41, 5.74) is 0. The summed E-state index contributed by atoms with van der Waals surface area (Å²) < 4.78 is 0. The predicted molar refractivity (Wildman–Crippen MR) is 42.4 cm³/mol. The van der Waals surface area contributed by atoms with Gasteiger partial charge in [0, 0.05) is 12.6 Å². The van der Waals surface area contributed by atoms with E-state index in [-0.39, 0.29) is 11.5 Å². The summed E-state index contributed by atoms with van der Waals surface area (Å²) in [6.07, 6.45) is 2.99. The normalized spacial score (nSPS) is 19.6. The number of carbonyl (C=O) groups is 1. The second-order valence-electron chi connectivity index (χ2n) is 2.56. The Hall–Kier alpha value is -1.09. The van der Waals surface area contributed by atoms with Crippen LogP contribution in [-0.2, 0) is 4.79 Å². The zero-order valence-electron chi connectivity index (χ0n) is 6.29. The molecule has 0 unspecified atom stereocenters. The van der Waals surface area contributed by atoms with E-state index in [0.29, 0.717) is 19.6 Å². The molecular formula is C8H11NO2. The zero-order valence-corrected chi connectivity index (χ0v) is 6.29. The molecule has 1 aliphatic rings. The molecule has 0 saturated heterocycles. The quantitative estimate of drug-likeness (QED) is 0.587. The third-order valence-electron chi connectivity index (χ3n) is 1.48. The Labute approximate surface area is 65.6 Å². The molecule has 0 bridgehead atoms. The number of carbonyl (C=O) groups excluding carboxylic acids is 1. The minimum absolute atomic E-state index is 0.0457. The fourth-order valence-electron chi connectivity index (χ4n) is 1.09. The van der Waals surface area contributed by atoms with Gasteiger partial charge in [0.05, 0.1) is 13.1 Å². The Morgan fingerprint density at radius 2 is 2.45 bits per heavy atom. The highest BCUT2D eigenvalue weighted by Crippen LogP contribution is 2.03. The number of nitrogens with zero attached hydrogens (tertiary/aromatic N) is 1. The largest absolute Gasteiger partial charge is 0.511 e. The van der Waals surface area contributed by atoms with Gasteiger partial charge in [0.25, 0.3) is 0 Å². The first-order valence-electron chi connectivity index (χ1n) is 3.48. The summed E-state index contributed by atoms with van der Waals surface area (Å²) in [5.74, 6) is 0.0960. The van der Waals surface area contributed by atoms with Gasteiger partial charge in [0.15, 0.2) is 5.78 Å². The molecule has 60 valence electrons. The van der Waals surface area contributed by atoms with E-state index in [9.17, 15) is 4.79 Å². The Morgan fingerprint density at radius 1 is 1.73 bits per heavy atom. The third kappa shape index (κ3) is 2.20. The van der Waals surface area contributed by atoms with Crippen LogP contribution < -0.4 is 0 Å². The Morgan fingerprint density at radius 3 is 3.00 bits per heavy atom. The molecule has 0 fully saturated rings. The molecule has 3 heteroatoms. The lowest BCUT2D eigenvalue weighted by Crippen LogP contribution is -2.35. The van der Waals surface area contributed by atoms with Gasteiger partial charge in [-0.2, -0.15) is 0 Å². The van der Waals surface area contributed by atoms with E-state index >= 15 is 0 Å². The van der Waals surface area contributed by atoms with Crippen molar-refractivity contribution in [2.75, 3.05) is 19.6 Å². The van der Waals surface area contributed by atoms with E-state index in [2.05, 4.69) is 6.58 Å². The van der Waals surface area contributed by atoms with Crippen LogP contribution in [0.15, 0.2) is 24.5 Å². The minimum Gasteiger partial charge on any atom is -0.511 e. The summed E-state index contributed by atoms with van der Waals surface area (Å²) in [4.78, 5) is 12.7. The summed E-state index contributed by atoms with van der Waals surface area (Å²) in [6.45, 7) is 5.03. The van der Waals surface area contributed by atoms with Crippen molar-refractivity contribution in [1.29, 1.82) is 0 Å². The van der Waals surface area contributed by atoms with Gasteiger partial charge < -0.3 is 5.11 Å². The van der Waals surface area contributed by atoms with Crippen molar-refractivity contribution in [3.05, 3.63) is 24.5 Å². The monoisotopic (exact) mass is 153 g/mol. The maximum Gasteiger partial charge on any atom is 0.173 e. The molecule has 0 aromatic carbocycles. The van der Waals surface area contributed by atoms with Crippen LogP contribution in [0, 0.1) is 0 Å². The van der Waals surface area contributed by atoms with E-state index in [1.165, 1.54) is 6.08 Å². The van der Waals surface area contributed by atoms with Crippen LogP contribution >= 0.6 is 0 Å². The van der Waals surface area contributed by atoms with Crippen LogP contribution in [0.25, 0.3) is 0 Å². The van der Waals surface area contributed by atoms with Gasteiger partial charge in [-0.1, -0.05) is 6.08 Å². The number of hydrogen-bond donors (Lipinski definition) is 1. The lowest BCUT2D eigenvalue weighted by molar-refractivity contribution is -0.116. The lowest BCUT2D eigenvalue weighted by Gasteiger charge is -2.21. The van der Waals surface area contributed by atoms with Crippen LogP contribution in [0.5, 0.6) is 0 Å². The molecule has 1 N–H and O–H groups in total. The van der Waals surface area contributed by atoms with Crippen LogP contribution in [-0.4, -0.2) is 35.4 Å². The first-order chi connectivity index (χ1) is 5.22. The van der Waals surface area contributed by atoms with E-state index < -0.39 is 0 Å². The summed E-state index contributed by atoms with van der Waals surface area (Å²) >= 11 is 0. The number of aliphatic hydroxyl groups is 1. The number of rotatable bonds is 2. The van der Waals surface area contributed by atoms with Crippen molar-refractivity contribution in [3.8, 4) is 0 Å². The van der Waals surface area contributed by atoms with Crippen molar-refractivity contribution in [2.45, 2.75) is 0 Å². The summed E-state index contributed by atoms with van der Waals surface area (Å²) in [6, 6.07) is 0. The fraction of sp³-hybridized carbons (Fsp3) is 0.375.